The van der Waals surface area contributed by atoms with Gasteiger partial charge in [0, 0.05) is 23.0 Å². The van der Waals surface area contributed by atoms with E-state index < -0.39 is 29.2 Å². The molecule has 0 fully saturated rings. The molecule has 7 heteroatoms. The number of aromatic nitrogens is 1. The van der Waals surface area contributed by atoms with Gasteiger partial charge in [-0.25, -0.2) is 4.39 Å². The Balaban J connectivity index is 1.86. The predicted octanol–water partition coefficient (Wildman–Crippen LogP) is 6.28. The third-order valence-corrected chi connectivity index (χ3v) is 4.43. The lowest BCUT2D eigenvalue weighted by Crippen LogP contribution is -2.13. The van der Waals surface area contributed by atoms with Gasteiger partial charge in [-0.1, -0.05) is 26.0 Å². The molecule has 0 saturated carbocycles. The van der Waals surface area contributed by atoms with Crippen molar-refractivity contribution in [3.63, 3.8) is 0 Å². The molecule has 0 aliphatic rings. The molecule has 1 N–H and O–H groups in total. The Morgan fingerprint density at radius 2 is 1.72 bits per heavy atom. The van der Waals surface area contributed by atoms with E-state index in [1.807, 2.05) is 26.0 Å². The normalized spacial score (nSPS) is 11.6. The molecule has 0 spiro atoms. The summed E-state index contributed by atoms with van der Waals surface area (Å²) in [7, 11) is 0. The maximum atomic E-state index is 14.6. The summed E-state index contributed by atoms with van der Waals surface area (Å²) in [5.41, 5.74) is -0.253. The van der Waals surface area contributed by atoms with Crippen molar-refractivity contribution < 1.29 is 22.4 Å². The Labute approximate surface area is 165 Å². The van der Waals surface area contributed by atoms with E-state index in [9.17, 15) is 22.4 Å². The van der Waals surface area contributed by atoms with Crippen LogP contribution < -0.4 is 5.32 Å². The number of carbonyl (C=O) groups is 1. The number of hydrogen-bond donors (Lipinski definition) is 1. The van der Waals surface area contributed by atoms with Crippen LogP contribution in [0.1, 0.15) is 41.3 Å². The average molecular weight is 402 g/mol. The Bertz CT molecular complexity index is 1030. The quantitative estimate of drug-likeness (QED) is 0.522. The fraction of sp³-hybridized carbons (Fsp3) is 0.182. The molecule has 2 aromatic carbocycles. The number of hydrogen-bond acceptors (Lipinski definition) is 2. The number of alkyl halides is 3. The minimum absolute atomic E-state index is 0.0105. The van der Waals surface area contributed by atoms with Gasteiger partial charge in [0.15, 0.2) is 0 Å². The van der Waals surface area contributed by atoms with Gasteiger partial charge >= 0.3 is 6.18 Å². The number of rotatable bonds is 4. The minimum Gasteiger partial charge on any atom is -0.322 e. The highest BCUT2D eigenvalue weighted by atomic mass is 19.4. The zero-order valence-corrected chi connectivity index (χ0v) is 15.7. The molecule has 0 aliphatic heterocycles. The second kappa shape index (κ2) is 8.03. The van der Waals surface area contributed by atoms with Crippen LogP contribution in [0.4, 0.5) is 23.2 Å². The van der Waals surface area contributed by atoms with Gasteiger partial charge in [-0.3, -0.25) is 9.78 Å². The first-order valence-electron chi connectivity index (χ1n) is 8.90. The van der Waals surface area contributed by atoms with E-state index in [0.717, 1.165) is 36.0 Å². The lowest BCUT2D eigenvalue weighted by Gasteiger charge is -2.13. The number of halogens is 4. The minimum atomic E-state index is -4.67. The maximum absolute atomic E-state index is 14.6. The molecule has 1 heterocycles. The highest BCUT2D eigenvalue weighted by Crippen LogP contribution is 2.36. The van der Waals surface area contributed by atoms with Crippen LogP contribution in [0, 0.1) is 5.82 Å². The molecule has 1 amide bonds. The van der Waals surface area contributed by atoms with Crippen molar-refractivity contribution >= 4 is 11.6 Å². The lowest BCUT2D eigenvalue weighted by atomic mass is 10.0. The van der Waals surface area contributed by atoms with Crippen molar-refractivity contribution in [3.8, 4) is 11.3 Å². The molecule has 0 radical (unpaired) electrons. The van der Waals surface area contributed by atoms with Gasteiger partial charge in [-0.05, 0) is 53.9 Å². The summed E-state index contributed by atoms with van der Waals surface area (Å²) in [5, 5.41) is 2.65. The Morgan fingerprint density at radius 1 is 1.03 bits per heavy atom. The molecule has 0 saturated heterocycles. The number of pyridine rings is 1. The van der Waals surface area contributed by atoms with Crippen molar-refractivity contribution in [1.29, 1.82) is 0 Å². The SMILES string of the molecule is CC(C)c1ccc(NC(=O)c2ccc(-c3ncccc3C(F)(F)F)c(F)c2)cc1. The third kappa shape index (κ3) is 4.62. The summed E-state index contributed by atoms with van der Waals surface area (Å²) in [5.74, 6) is -1.18. The summed E-state index contributed by atoms with van der Waals surface area (Å²) in [6, 6.07) is 12.5. The first-order valence-corrected chi connectivity index (χ1v) is 8.90. The first-order chi connectivity index (χ1) is 13.7. The molecule has 150 valence electrons. The Kier molecular flexibility index (Phi) is 5.68. The predicted molar refractivity (Wildman–Crippen MR) is 103 cm³/mol. The van der Waals surface area contributed by atoms with E-state index in [0.29, 0.717) is 11.6 Å². The highest BCUT2D eigenvalue weighted by molar-refractivity contribution is 6.04. The smallest absolute Gasteiger partial charge is 0.322 e. The van der Waals surface area contributed by atoms with Crippen molar-refractivity contribution in [2.45, 2.75) is 25.9 Å². The van der Waals surface area contributed by atoms with Crippen LogP contribution >= 0.6 is 0 Å². The number of amides is 1. The number of nitrogens with one attached hydrogen (secondary N) is 1. The summed E-state index contributed by atoms with van der Waals surface area (Å²) in [6.45, 7) is 4.09. The van der Waals surface area contributed by atoms with Crippen molar-refractivity contribution in [3.05, 3.63) is 83.3 Å². The monoisotopic (exact) mass is 402 g/mol. The molecule has 0 atom stereocenters. The van der Waals surface area contributed by atoms with E-state index in [2.05, 4.69) is 10.3 Å². The van der Waals surface area contributed by atoms with Gasteiger partial charge in [0.2, 0.25) is 0 Å². The van der Waals surface area contributed by atoms with Crippen LogP contribution in [0.3, 0.4) is 0 Å². The van der Waals surface area contributed by atoms with E-state index >= 15 is 0 Å². The number of anilines is 1. The van der Waals surface area contributed by atoms with E-state index in [4.69, 9.17) is 0 Å². The average Bonchev–Trinajstić information content (AvgIpc) is 2.67. The van der Waals surface area contributed by atoms with Gasteiger partial charge in [-0.2, -0.15) is 13.2 Å². The number of nitrogens with zero attached hydrogens (tertiary/aromatic N) is 1. The summed E-state index contributed by atoms with van der Waals surface area (Å²) >= 11 is 0. The van der Waals surface area contributed by atoms with E-state index in [1.54, 1.807) is 12.1 Å². The van der Waals surface area contributed by atoms with Crippen LogP contribution in [0.25, 0.3) is 11.3 Å². The molecule has 0 unspecified atom stereocenters. The molecule has 3 rings (SSSR count). The maximum Gasteiger partial charge on any atom is 0.418 e. The molecule has 3 aromatic rings. The van der Waals surface area contributed by atoms with Gasteiger partial charge < -0.3 is 5.32 Å². The Morgan fingerprint density at radius 3 is 2.31 bits per heavy atom. The summed E-state index contributed by atoms with van der Waals surface area (Å²) in [6.07, 6.45) is -3.51. The van der Waals surface area contributed by atoms with Gasteiger partial charge in [0.1, 0.15) is 5.82 Å². The Hall–Kier alpha value is -3.22. The van der Waals surface area contributed by atoms with Crippen LogP contribution in [-0.2, 0) is 6.18 Å². The topological polar surface area (TPSA) is 42.0 Å². The van der Waals surface area contributed by atoms with Crippen molar-refractivity contribution in [2.75, 3.05) is 5.32 Å². The largest absolute Gasteiger partial charge is 0.418 e. The van der Waals surface area contributed by atoms with Crippen LogP contribution in [0.15, 0.2) is 60.8 Å². The second-order valence-electron chi connectivity index (χ2n) is 6.82. The fourth-order valence-electron chi connectivity index (χ4n) is 2.85. The van der Waals surface area contributed by atoms with Crippen molar-refractivity contribution in [2.24, 2.45) is 0 Å². The molecule has 1 aromatic heterocycles. The van der Waals surface area contributed by atoms with Crippen LogP contribution in [0.2, 0.25) is 0 Å². The second-order valence-corrected chi connectivity index (χ2v) is 6.82. The standard InChI is InChI=1S/C22H18F4N2O/c1-13(2)14-5-8-16(9-6-14)28-21(29)15-7-10-17(19(23)12-15)20-18(22(24,25)26)4-3-11-27-20/h3-13H,1-2H3,(H,28,29). The van der Waals surface area contributed by atoms with Gasteiger partial charge in [0.25, 0.3) is 5.91 Å². The third-order valence-electron chi connectivity index (χ3n) is 4.43. The molecule has 0 bridgehead atoms. The summed E-state index contributed by atoms with van der Waals surface area (Å²) in [4.78, 5) is 16.1. The van der Waals surface area contributed by atoms with Gasteiger partial charge in [0.05, 0.1) is 11.3 Å². The molecule has 3 nitrogen and oxygen atoms in total. The zero-order chi connectivity index (χ0) is 21.2. The lowest BCUT2D eigenvalue weighted by molar-refractivity contribution is -0.137. The molecular formula is C22H18F4N2O. The summed E-state index contributed by atoms with van der Waals surface area (Å²) < 4.78 is 54.1. The number of carbonyl (C=O) groups excluding carboxylic acids is 1. The molecule has 0 aliphatic carbocycles. The highest BCUT2D eigenvalue weighted by Gasteiger charge is 2.34. The van der Waals surface area contributed by atoms with Crippen molar-refractivity contribution in [1.82, 2.24) is 4.98 Å². The van der Waals surface area contributed by atoms with Gasteiger partial charge in [-0.15, -0.1) is 0 Å². The zero-order valence-electron chi connectivity index (χ0n) is 15.7. The molecule has 29 heavy (non-hydrogen) atoms. The molecular weight excluding hydrogens is 384 g/mol. The van der Waals surface area contributed by atoms with E-state index in [-0.39, 0.29) is 11.1 Å². The first kappa shape index (κ1) is 20.5. The van der Waals surface area contributed by atoms with Crippen LogP contribution in [0.5, 0.6) is 0 Å². The number of benzene rings is 2. The van der Waals surface area contributed by atoms with Crippen LogP contribution in [-0.4, -0.2) is 10.9 Å². The fourth-order valence-corrected chi connectivity index (χ4v) is 2.85. The van der Waals surface area contributed by atoms with E-state index in [1.165, 1.54) is 6.07 Å².